The Labute approximate surface area is 104 Å². The van der Waals surface area contributed by atoms with Crippen molar-refractivity contribution in [1.82, 2.24) is 14.9 Å². The second kappa shape index (κ2) is 4.25. The van der Waals surface area contributed by atoms with Crippen LogP contribution in [0, 0.1) is 6.92 Å². The molecule has 2 aromatic rings. The smallest absolute Gasteiger partial charge is 0.214 e. The zero-order valence-corrected chi connectivity index (χ0v) is 10.2. The van der Waals surface area contributed by atoms with Gasteiger partial charge in [-0.1, -0.05) is 42.1 Å². The first-order valence-electron chi connectivity index (χ1n) is 5.42. The molecule has 3 rings (SSSR count). The molecule has 17 heavy (non-hydrogen) atoms. The average molecular weight is 244 g/mol. The topological polar surface area (TPSA) is 42.7 Å². The number of aryl methyl sites for hydroxylation is 1. The van der Waals surface area contributed by atoms with Gasteiger partial charge in [0.1, 0.15) is 5.82 Å². The second-order valence-corrected chi connectivity index (χ2v) is 4.92. The van der Waals surface area contributed by atoms with Crippen LogP contribution in [-0.2, 0) is 0 Å². The molecule has 0 atom stereocenters. The van der Waals surface area contributed by atoms with Crippen molar-refractivity contribution in [2.24, 2.45) is 0 Å². The predicted molar refractivity (Wildman–Crippen MR) is 69.3 cm³/mol. The molecule has 1 N–H and O–H groups in total. The summed E-state index contributed by atoms with van der Waals surface area (Å²) in [4.78, 5) is 1.25. The summed E-state index contributed by atoms with van der Waals surface area (Å²) in [5.41, 5.74) is 4.49. The normalized spacial score (nSPS) is 16.6. The van der Waals surface area contributed by atoms with Crippen molar-refractivity contribution in [2.45, 2.75) is 12.1 Å². The molecule has 1 aromatic carbocycles. The van der Waals surface area contributed by atoms with Crippen LogP contribution in [0.3, 0.4) is 0 Å². The van der Waals surface area contributed by atoms with Gasteiger partial charge in [0.15, 0.2) is 0 Å². The minimum atomic E-state index is 0.811. The molecule has 0 unspecified atom stereocenters. The fraction of sp³-hybridized carbons (Fsp3) is 0.167. The van der Waals surface area contributed by atoms with Crippen LogP contribution < -0.4 is 5.43 Å². The highest BCUT2D eigenvalue weighted by atomic mass is 32.2. The summed E-state index contributed by atoms with van der Waals surface area (Å²) in [5, 5.41) is 9.06. The zero-order valence-electron chi connectivity index (χ0n) is 9.42. The average Bonchev–Trinajstić information content (AvgIpc) is 2.72. The SMILES string of the molecule is Cc1nnc2n1NC/C(=C\c1ccccc1)S2. The second-order valence-electron chi connectivity index (χ2n) is 3.82. The molecule has 0 saturated carbocycles. The van der Waals surface area contributed by atoms with Gasteiger partial charge < -0.3 is 5.43 Å². The molecule has 0 saturated heterocycles. The Morgan fingerprint density at radius 2 is 2.12 bits per heavy atom. The monoisotopic (exact) mass is 244 g/mol. The minimum Gasteiger partial charge on any atom is -0.317 e. The zero-order chi connectivity index (χ0) is 11.7. The lowest BCUT2D eigenvalue weighted by atomic mass is 10.2. The van der Waals surface area contributed by atoms with Crippen LogP contribution in [0.5, 0.6) is 0 Å². The minimum absolute atomic E-state index is 0.811. The molecule has 4 nitrogen and oxygen atoms in total. The van der Waals surface area contributed by atoms with E-state index in [0.29, 0.717) is 0 Å². The Balaban J connectivity index is 1.87. The number of thioether (sulfide) groups is 1. The van der Waals surface area contributed by atoms with Gasteiger partial charge in [-0.15, -0.1) is 10.2 Å². The molecule has 0 spiro atoms. The largest absolute Gasteiger partial charge is 0.317 e. The van der Waals surface area contributed by atoms with E-state index in [4.69, 9.17) is 0 Å². The highest BCUT2D eigenvalue weighted by Crippen LogP contribution is 2.29. The van der Waals surface area contributed by atoms with Gasteiger partial charge in [-0.25, -0.2) is 4.68 Å². The molecule has 0 fully saturated rings. The lowest BCUT2D eigenvalue weighted by Crippen LogP contribution is -2.22. The van der Waals surface area contributed by atoms with Crippen LogP contribution in [0.2, 0.25) is 0 Å². The standard InChI is InChI=1S/C12H12N4S/c1-9-14-15-12-16(9)13-8-11(17-12)7-10-5-3-2-4-6-10/h2-7,13H,8H2,1H3/b11-7+. The van der Waals surface area contributed by atoms with E-state index in [9.17, 15) is 0 Å². The summed E-state index contributed by atoms with van der Waals surface area (Å²) >= 11 is 1.66. The Hall–Kier alpha value is -1.75. The fourth-order valence-corrected chi connectivity index (χ4v) is 2.65. The van der Waals surface area contributed by atoms with Gasteiger partial charge in [0.2, 0.25) is 5.16 Å². The van der Waals surface area contributed by atoms with Crippen molar-refractivity contribution in [1.29, 1.82) is 0 Å². The van der Waals surface area contributed by atoms with Crippen LogP contribution in [0.25, 0.3) is 6.08 Å². The molecule has 0 bridgehead atoms. The summed E-state index contributed by atoms with van der Waals surface area (Å²) in [7, 11) is 0. The van der Waals surface area contributed by atoms with Gasteiger partial charge in [0.25, 0.3) is 0 Å². The number of aromatic nitrogens is 3. The number of benzene rings is 1. The van der Waals surface area contributed by atoms with Crippen LogP contribution >= 0.6 is 11.8 Å². The van der Waals surface area contributed by atoms with Gasteiger partial charge in [-0.05, 0) is 18.6 Å². The van der Waals surface area contributed by atoms with Crippen molar-refractivity contribution >= 4 is 17.8 Å². The third-order valence-corrected chi connectivity index (χ3v) is 3.53. The quantitative estimate of drug-likeness (QED) is 0.835. The van der Waals surface area contributed by atoms with E-state index in [1.165, 1.54) is 10.5 Å². The van der Waals surface area contributed by atoms with E-state index in [1.807, 2.05) is 29.8 Å². The highest BCUT2D eigenvalue weighted by molar-refractivity contribution is 8.03. The van der Waals surface area contributed by atoms with Crippen LogP contribution in [0.15, 0.2) is 40.4 Å². The van der Waals surface area contributed by atoms with E-state index >= 15 is 0 Å². The number of hydrogen-bond donors (Lipinski definition) is 1. The number of nitrogens with zero attached hydrogens (tertiary/aromatic N) is 3. The third kappa shape index (κ3) is 2.06. The summed E-state index contributed by atoms with van der Waals surface area (Å²) < 4.78 is 1.92. The molecule has 1 aliphatic heterocycles. The molecule has 1 aliphatic rings. The van der Waals surface area contributed by atoms with Crippen molar-refractivity contribution in [2.75, 3.05) is 12.0 Å². The lowest BCUT2D eigenvalue weighted by molar-refractivity contribution is 0.747. The molecule has 0 amide bonds. The molecule has 5 heteroatoms. The van der Waals surface area contributed by atoms with E-state index < -0.39 is 0 Å². The predicted octanol–water partition coefficient (Wildman–Crippen LogP) is 2.28. The summed E-state index contributed by atoms with van der Waals surface area (Å²) in [6, 6.07) is 10.3. The number of rotatable bonds is 1. The van der Waals surface area contributed by atoms with Crippen molar-refractivity contribution in [3.05, 3.63) is 46.6 Å². The molecule has 86 valence electrons. The van der Waals surface area contributed by atoms with E-state index in [2.05, 4.69) is 33.8 Å². The van der Waals surface area contributed by atoms with Gasteiger partial charge in [-0.3, -0.25) is 0 Å². The van der Waals surface area contributed by atoms with Crippen molar-refractivity contribution in [3.8, 4) is 0 Å². The Morgan fingerprint density at radius 1 is 1.29 bits per heavy atom. The van der Waals surface area contributed by atoms with E-state index in [1.54, 1.807) is 11.8 Å². The highest BCUT2D eigenvalue weighted by Gasteiger charge is 2.16. The van der Waals surface area contributed by atoms with Gasteiger partial charge in [0, 0.05) is 4.91 Å². The van der Waals surface area contributed by atoms with Gasteiger partial charge >= 0.3 is 0 Å². The summed E-state index contributed by atoms with van der Waals surface area (Å²) in [5.74, 6) is 0.895. The molecule has 0 aliphatic carbocycles. The van der Waals surface area contributed by atoms with Crippen molar-refractivity contribution in [3.63, 3.8) is 0 Å². The first-order chi connectivity index (χ1) is 8.33. The number of nitrogens with one attached hydrogen (secondary N) is 1. The molecule has 2 heterocycles. The first kappa shape index (κ1) is 10.4. The molecular formula is C12H12N4S. The number of fused-ring (bicyclic) bond motifs is 1. The van der Waals surface area contributed by atoms with Gasteiger partial charge in [0.05, 0.1) is 6.54 Å². The van der Waals surface area contributed by atoms with Crippen LogP contribution in [-0.4, -0.2) is 21.4 Å². The maximum absolute atomic E-state index is 4.12. The maximum Gasteiger partial charge on any atom is 0.214 e. The van der Waals surface area contributed by atoms with Gasteiger partial charge in [-0.2, -0.15) is 0 Å². The van der Waals surface area contributed by atoms with Crippen LogP contribution in [0.1, 0.15) is 11.4 Å². The number of hydrogen-bond acceptors (Lipinski definition) is 4. The van der Waals surface area contributed by atoms with E-state index in [-0.39, 0.29) is 0 Å². The summed E-state index contributed by atoms with van der Waals surface area (Å²) in [6.07, 6.45) is 2.17. The fourth-order valence-electron chi connectivity index (χ4n) is 1.72. The first-order valence-corrected chi connectivity index (χ1v) is 6.24. The molecular weight excluding hydrogens is 232 g/mol. The maximum atomic E-state index is 4.12. The summed E-state index contributed by atoms with van der Waals surface area (Å²) in [6.45, 7) is 2.75. The molecule has 0 radical (unpaired) electrons. The third-order valence-electron chi connectivity index (χ3n) is 2.56. The van der Waals surface area contributed by atoms with Crippen LogP contribution in [0.4, 0.5) is 0 Å². The molecule has 1 aromatic heterocycles. The van der Waals surface area contributed by atoms with E-state index in [0.717, 1.165) is 17.5 Å². The lowest BCUT2D eigenvalue weighted by Gasteiger charge is -2.18. The Morgan fingerprint density at radius 3 is 2.94 bits per heavy atom. The van der Waals surface area contributed by atoms with Crippen molar-refractivity contribution < 1.29 is 0 Å². The Kier molecular flexibility index (Phi) is 2.60. The Bertz CT molecular complexity index is 559.